The lowest BCUT2D eigenvalue weighted by Crippen LogP contribution is -2.45. The van der Waals surface area contributed by atoms with E-state index in [9.17, 15) is 0 Å². The Bertz CT molecular complexity index is 414. The maximum absolute atomic E-state index is 9.00. The van der Waals surface area contributed by atoms with Gasteiger partial charge in [0.1, 0.15) is 11.8 Å². The first-order valence-corrected chi connectivity index (χ1v) is 6.01. The fourth-order valence-electron chi connectivity index (χ4n) is 2.55. The molecule has 0 aromatic carbocycles. The molecule has 4 nitrogen and oxygen atoms in total. The second-order valence-electron chi connectivity index (χ2n) is 4.92. The first-order chi connectivity index (χ1) is 8.19. The van der Waals surface area contributed by atoms with Crippen molar-refractivity contribution >= 4 is 0 Å². The van der Waals surface area contributed by atoms with Gasteiger partial charge in [-0.05, 0) is 18.4 Å². The summed E-state index contributed by atoms with van der Waals surface area (Å²) in [5, 5.41) is 9.00. The number of nitrogens with zero attached hydrogens (tertiary/aromatic N) is 3. The van der Waals surface area contributed by atoms with E-state index in [1.54, 1.807) is 6.20 Å². The van der Waals surface area contributed by atoms with Gasteiger partial charge in [0.15, 0.2) is 0 Å². The van der Waals surface area contributed by atoms with Crippen LogP contribution in [-0.4, -0.2) is 29.0 Å². The summed E-state index contributed by atoms with van der Waals surface area (Å²) in [6.07, 6.45) is 2.75. The molecule has 1 aliphatic heterocycles. The average Bonchev–Trinajstić information content (AvgIpc) is 2.28. The third-order valence-electron chi connectivity index (χ3n) is 3.16. The first-order valence-electron chi connectivity index (χ1n) is 6.01. The van der Waals surface area contributed by atoms with Gasteiger partial charge in [0.2, 0.25) is 0 Å². The van der Waals surface area contributed by atoms with Gasteiger partial charge in [-0.3, -0.25) is 4.90 Å². The Kier molecular flexibility index (Phi) is 3.72. The monoisotopic (exact) mass is 230 g/mol. The zero-order valence-corrected chi connectivity index (χ0v) is 10.1. The summed E-state index contributed by atoms with van der Waals surface area (Å²) >= 11 is 0. The second kappa shape index (κ2) is 5.26. The van der Waals surface area contributed by atoms with Gasteiger partial charge in [-0.2, -0.15) is 5.26 Å². The van der Waals surface area contributed by atoms with E-state index < -0.39 is 0 Å². The smallest absolute Gasteiger partial charge is 0.144 e. The molecule has 0 bridgehead atoms. The number of pyridine rings is 1. The van der Waals surface area contributed by atoms with Crippen LogP contribution < -0.4 is 5.73 Å². The Labute approximate surface area is 102 Å². The van der Waals surface area contributed by atoms with Gasteiger partial charge in [-0.15, -0.1) is 0 Å². The van der Waals surface area contributed by atoms with Gasteiger partial charge in [0.25, 0.3) is 0 Å². The average molecular weight is 230 g/mol. The number of nitrogens with two attached hydrogens (primary N) is 1. The van der Waals surface area contributed by atoms with E-state index in [0.717, 1.165) is 31.6 Å². The summed E-state index contributed by atoms with van der Waals surface area (Å²) in [7, 11) is 0. The molecule has 1 aromatic heterocycles. The van der Waals surface area contributed by atoms with Gasteiger partial charge in [-0.1, -0.05) is 13.0 Å². The standard InChI is InChI=1S/C13H18N4/c1-10-5-12(15)9-17(7-10)8-11-3-2-4-16-13(11)6-14/h2-4,10,12H,5,7-9,15H2,1H3. The molecule has 0 spiro atoms. The zero-order chi connectivity index (χ0) is 12.3. The van der Waals surface area contributed by atoms with Crippen LogP contribution in [0.3, 0.4) is 0 Å². The van der Waals surface area contributed by atoms with Crippen molar-refractivity contribution in [1.82, 2.24) is 9.88 Å². The van der Waals surface area contributed by atoms with Crippen molar-refractivity contribution in [3.05, 3.63) is 29.6 Å². The fraction of sp³-hybridized carbons (Fsp3) is 0.538. The maximum atomic E-state index is 9.00. The fourth-order valence-corrected chi connectivity index (χ4v) is 2.55. The van der Waals surface area contributed by atoms with E-state index in [1.165, 1.54) is 0 Å². The molecular weight excluding hydrogens is 212 g/mol. The van der Waals surface area contributed by atoms with Crippen LogP contribution in [0.5, 0.6) is 0 Å². The minimum atomic E-state index is 0.251. The quantitative estimate of drug-likeness (QED) is 0.827. The second-order valence-corrected chi connectivity index (χ2v) is 4.92. The molecule has 4 heteroatoms. The van der Waals surface area contributed by atoms with Crippen LogP contribution >= 0.6 is 0 Å². The number of rotatable bonds is 2. The molecule has 1 saturated heterocycles. The molecule has 1 fully saturated rings. The number of piperidine rings is 1. The molecule has 0 aliphatic carbocycles. The van der Waals surface area contributed by atoms with E-state index in [1.807, 2.05) is 12.1 Å². The normalized spacial score (nSPS) is 25.5. The Balaban J connectivity index is 2.08. The molecule has 2 atom stereocenters. The summed E-state index contributed by atoms with van der Waals surface area (Å²) in [6.45, 7) is 4.95. The first kappa shape index (κ1) is 12.0. The van der Waals surface area contributed by atoms with Crippen LogP contribution in [-0.2, 0) is 6.54 Å². The number of aromatic nitrogens is 1. The molecule has 2 heterocycles. The highest BCUT2D eigenvalue weighted by Crippen LogP contribution is 2.18. The third-order valence-corrected chi connectivity index (χ3v) is 3.16. The highest BCUT2D eigenvalue weighted by molar-refractivity contribution is 5.30. The van der Waals surface area contributed by atoms with Crippen molar-refractivity contribution in [1.29, 1.82) is 5.26 Å². The largest absolute Gasteiger partial charge is 0.327 e. The van der Waals surface area contributed by atoms with Gasteiger partial charge in [0, 0.05) is 37.4 Å². The Hall–Kier alpha value is -1.44. The van der Waals surface area contributed by atoms with E-state index in [4.69, 9.17) is 11.0 Å². The minimum Gasteiger partial charge on any atom is -0.327 e. The van der Waals surface area contributed by atoms with E-state index >= 15 is 0 Å². The zero-order valence-electron chi connectivity index (χ0n) is 10.1. The molecule has 2 unspecified atom stereocenters. The number of hydrogen-bond acceptors (Lipinski definition) is 4. The molecule has 0 amide bonds. The highest BCUT2D eigenvalue weighted by atomic mass is 15.1. The van der Waals surface area contributed by atoms with Crippen molar-refractivity contribution in [2.24, 2.45) is 11.7 Å². The molecule has 2 rings (SSSR count). The lowest BCUT2D eigenvalue weighted by Gasteiger charge is -2.34. The van der Waals surface area contributed by atoms with E-state index in [-0.39, 0.29) is 6.04 Å². The van der Waals surface area contributed by atoms with Gasteiger partial charge >= 0.3 is 0 Å². The van der Waals surface area contributed by atoms with Gasteiger partial charge in [-0.25, -0.2) is 4.98 Å². The molecule has 1 aliphatic rings. The van der Waals surface area contributed by atoms with E-state index in [0.29, 0.717) is 11.6 Å². The molecule has 1 aromatic rings. The predicted octanol–water partition coefficient (Wildman–Crippen LogP) is 1.12. The van der Waals surface area contributed by atoms with E-state index in [2.05, 4.69) is 22.9 Å². The summed E-state index contributed by atoms with van der Waals surface area (Å²) in [6, 6.07) is 6.24. The summed E-state index contributed by atoms with van der Waals surface area (Å²) < 4.78 is 0. The molecule has 0 saturated carbocycles. The maximum Gasteiger partial charge on any atom is 0.144 e. The molecule has 0 radical (unpaired) electrons. The summed E-state index contributed by atoms with van der Waals surface area (Å²) in [4.78, 5) is 6.40. The van der Waals surface area contributed by atoms with Crippen molar-refractivity contribution in [2.75, 3.05) is 13.1 Å². The predicted molar refractivity (Wildman–Crippen MR) is 66.0 cm³/mol. The topological polar surface area (TPSA) is 65.9 Å². The van der Waals surface area contributed by atoms with Crippen LogP contribution in [0.1, 0.15) is 24.6 Å². The van der Waals surface area contributed by atoms with Crippen LogP contribution in [0.4, 0.5) is 0 Å². The Morgan fingerprint density at radius 1 is 1.59 bits per heavy atom. The van der Waals surface area contributed by atoms with Crippen molar-refractivity contribution in [2.45, 2.75) is 25.9 Å². The number of nitriles is 1. The van der Waals surface area contributed by atoms with Crippen LogP contribution in [0.2, 0.25) is 0 Å². The lowest BCUT2D eigenvalue weighted by molar-refractivity contribution is 0.158. The van der Waals surface area contributed by atoms with Crippen molar-refractivity contribution in [3.8, 4) is 6.07 Å². The minimum absolute atomic E-state index is 0.251. The lowest BCUT2D eigenvalue weighted by atomic mass is 9.96. The van der Waals surface area contributed by atoms with Crippen molar-refractivity contribution < 1.29 is 0 Å². The summed E-state index contributed by atoms with van der Waals surface area (Å²) in [5.41, 5.74) is 7.54. The molecular formula is C13H18N4. The number of hydrogen-bond donors (Lipinski definition) is 1. The Morgan fingerprint density at radius 2 is 2.41 bits per heavy atom. The van der Waals surface area contributed by atoms with Gasteiger partial charge < -0.3 is 5.73 Å². The SMILES string of the molecule is CC1CC(N)CN(Cc2cccnc2C#N)C1. The molecule has 17 heavy (non-hydrogen) atoms. The van der Waals surface area contributed by atoms with Crippen LogP contribution in [0, 0.1) is 17.2 Å². The van der Waals surface area contributed by atoms with Crippen LogP contribution in [0.15, 0.2) is 18.3 Å². The van der Waals surface area contributed by atoms with Crippen LogP contribution in [0.25, 0.3) is 0 Å². The molecule has 90 valence electrons. The summed E-state index contributed by atoms with van der Waals surface area (Å²) in [5.74, 6) is 0.626. The molecule has 2 N–H and O–H groups in total. The highest BCUT2D eigenvalue weighted by Gasteiger charge is 2.22. The number of likely N-dealkylation sites (tertiary alicyclic amines) is 1. The van der Waals surface area contributed by atoms with Gasteiger partial charge in [0.05, 0.1) is 0 Å². The van der Waals surface area contributed by atoms with Crippen molar-refractivity contribution in [3.63, 3.8) is 0 Å². The Morgan fingerprint density at radius 3 is 3.12 bits per heavy atom. The third kappa shape index (κ3) is 3.02.